The van der Waals surface area contributed by atoms with Crippen LogP contribution < -0.4 is 5.32 Å². The molecule has 0 bridgehead atoms. The van der Waals surface area contributed by atoms with E-state index in [1.165, 1.54) is 4.88 Å². The molecule has 1 aromatic heterocycles. The van der Waals surface area contributed by atoms with Gasteiger partial charge in [-0.15, -0.1) is 11.3 Å². The highest BCUT2D eigenvalue weighted by atomic mass is 32.2. The fourth-order valence-corrected chi connectivity index (χ4v) is 3.75. The lowest BCUT2D eigenvalue weighted by Crippen LogP contribution is -2.25. The van der Waals surface area contributed by atoms with Gasteiger partial charge in [0.15, 0.2) is 9.84 Å². The van der Waals surface area contributed by atoms with Gasteiger partial charge in [-0.1, -0.05) is 24.3 Å². The number of sulfone groups is 1. The van der Waals surface area contributed by atoms with Crippen LogP contribution >= 0.6 is 11.3 Å². The van der Waals surface area contributed by atoms with Crippen LogP contribution in [-0.2, 0) is 9.84 Å². The molecule has 0 spiro atoms. The molecule has 0 fully saturated rings. The van der Waals surface area contributed by atoms with Crippen molar-refractivity contribution in [1.82, 2.24) is 5.32 Å². The summed E-state index contributed by atoms with van der Waals surface area (Å²) < 4.78 is 24.1. The summed E-state index contributed by atoms with van der Waals surface area (Å²) in [5.74, 6) is 0.118. The summed E-state index contributed by atoms with van der Waals surface area (Å²) in [7, 11) is -3.18. The van der Waals surface area contributed by atoms with Crippen LogP contribution in [-0.4, -0.2) is 20.7 Å². The lowest BCUT2D eigenvalue weighted by Gasteiger charge is -2.12. The third-order valence-electron chi connectivity index (χ3n) is 2.89. The van der Waals surface area contributed by atoms with Crippen LogP contribution in [0.4, 0.5) is 0 Å². The van der Waals surface area contributed by atoms with E-state index in [-0.39, 0.29) is 11.8 Å². The van der Waals surface area contributed by atoms with E-state index < -0.39 is 9.84 Å². The second kappa shape index (κ2) is 6.32. The highest BCUT2D eigenvalue weighted by Crippen LogP contribution is 2.18. The second-order valence-corrected chi connectivity index (χ2v) is 7.41. The summed E-state index contributed by atoms with van der Waals surface area (Å²) in [5.41, 5.74) is 0. The van der Waals surface area contributed by atoms with Crippen molar-refractivity contribution in [1.29, 1.82) is 0 Å². The number of thiophene rings is 1. The predicted octanol–water partition coefficient (Wildman–Crippen LogP) is 2.87. The second-order valence-electron chi connectivity index (χ2n) is 4.32. The van der Waals surface area contributed by atoms with Gasteiger partial charge in [0.25, 0.3) is 0 Å². The fourth-order valence-electron chi connectivity index (χ4n) is 1.79. The normalized spacial score (nSPS) is 13.3. The molecule has 2 aromatic rings. The van der Waals surface area contributed by atoms with Crippen molar-refractivity contribution >= 4 is 21.2 Å². The molecule has 3 nitrogen and oxygen atoms in total. The van der Waals surface area contributed by atoms with Crippen LogP contribution in [0, 0.1) is 0 Å². The number of nitrogens with one attached hydrogen (secondary N) is 1. The average Bonchev–Trinajstić information content (AvgIpc) is 2.93. The molecule has 2 rings (SSSR count). The van der Waals surface area contributed by atoms with Crippen LogP contribution in [0.15, 0.2) is 52.7 Å². The van der Waals surface area contributed by atoms with Crippen molar-refractivity contribution in [2.75, 3.05) is 12.3 Å². The smallest absolute Gasteiger partial charge is 0.179 e. The Morgan fingerprint density at radius 3 is 2.53 bits per heavy atom. The van der Waals surface area contributed by atoms with E-state index in [0.29, 0.717) is 11.4 Å². The summed E-state index contributed by atoms with van der Waals surface area (Å²) in [6, 6.07) is 12.8. The molecule has 1 unspecified atom stereocenters. The summed E-state index contributed by atoms with van der Waals surface area (Å²) in [6.07, 6.45) is 0. The highest BCUT2D eigenvalue weighted by molar-refractivity contribution is 7.91. The Morgan fingerprint density at radius 1 is 1.16 bits per heavy atom. The molecular formula is C14H17NO2S2. The Balaban J connectivity index is 1.89. The molecule has 1 aromatic carbocycles. The van der Waals surface area contributed by atoms with E-state index >= 15 is 0 Å². The zero-order valence-corrected chi connectivity index (χ0v) is 12.4. The first kappa shape index (κ1) is 14.2. The van der Waals surface area contributed by atoms with Gasteiger partial charge in [-0.05, 0) is 30.5 Å². The molecule has 1 heterocycles. The van der Waals surface area contributed by atoms with E-state index in [2.05, 4.69) is 5.32 Å². The largest absolute Gasteiger partial charge is 0.308 e. The summed E-state index contributed by atoms with van der Waals surface area (Å²) in [5, 5.41) is 5.26. The molecule has 1 atom stereocenters. The van der Waals surface area contributed by atoms with Crippen LogP contribution in [0.1, 0.15) is 17.8 Å². The minimum absolute atomic E-state index is 0.118. The van der Waals surface area contributed by atoms with E-state index in [4.69, 9.17) is 0 Å². The first-order valence-electron chi connectivity index (χ1n) is 6.14. The van der Waals surface area contributed by atoms with E-state index in [1.54, 1.807) is 35.6 Å². The Labute approximate surface area is 118 Å². The minimum Gasteiger partial charge on any atom is -0.308 e. The molecule has 0 aliphatic rings. The summed E-state index contributed by atoms with van der Waals surface area (Å²) in [6.45, 7) is 2.50. The third-order valence-corrected chi connectivity index (χ3v) is 5.68. The Bertz CT molecular complexity index is 592. The molecule has 0 saturated carbocycles. The molecule has 0 saturated heterocycles. The maximum absolute atomic E-state index is 12.1. The fraction of sp³-hybridized carbons (Fsp3) is 0.286. The monoisotopic (exact) mass is 295 g/mol. The van der Waals surface area contributed by atoms with Gasteiger partial charge in [0, 0.05) is 17.5 Å². The summed E-state index contributed by atoms with van der Waals surface area (Å²) in [4.78, 5) is 1.61. The maximum Gasteiger partial charge on any atom is 0.179 e. The molecule has 0 aliphatic heterocycles. The molecule has 0 radical (unpaired) electrons. The average molecular weight is 295 g/mol. The van der Waals surface area contributed by atoms with Crippen molar-refractivity contribution in [2.45, 2.75) is 17.9 Å². The van der Waals surface area contributed by atoms with Crippen LogP contribution in [0.2, 0.25) is 0 Å². The highest BCUT2D eigenvalue weighted by Gasteiger charge is 2.14. The standard InChI is InChI=1S/C14H17NO2S2/c1-12(14-8-5-10-18-14)15-9-11-19(16,17)13-6-3-2-4-7-13/h2-8,10,12,15H,9,11H2,1H3. The van der Waals surface area contributed by atoms with E-state index in [1.807, 2.05) is 30.5 Å². The minimum atomic E-state index is -3.18. The topological polar surface area (TPSA) is 46.2 Å². The Kier molecular flexibility index (Phi) is 4.74. The molecule has 102 valence electrons. The molecule has 5 heteroatoms. The lowest BCUT2D eigenvalue weighted by molar-refractivity contribution is 0.575. The van der Waals surface area contributed by atoms with E-state index in [0.717, 1.165) is 0 Å². The lowest BCUT2D eigenvalue weighted by atomic mass is 10.3. The van der Waals surface area contributed by atoms with Crippen LogP contribution in [0.25, 0.3) is 0 Å². The Hall–Kier alpha value is -1.17. The van der Waals surface area contributed by atoms with E-state index in [9.17, 15) is 8.42 Å². The van der Waals surface area contributed by atoms with Crippen molar-refractivity contribution < 1.29 is 8.42 Å². The first-order valence-corrected chi connectivity index (χ1v) is 8.67. The van der Waals surface area contributed by atoms with Gasteiger partial charge in [0.1, 0.15) is 0 Å². The molecule has 0 amide bonds. The number of benzene rings is 1. The number of hydrogen-bond donors (Lipinski definition) is 1. The summed E-state index contributed by atoms with van der Waals surface area (Å²) >= 11 is 1.67. The maximum atomic E-state index is 12.1. The quantitative estimate of drug-likeness (QED) is 0.891. The molecule has 1 N–H and O–H groups in total. The van der Waals surface area contributed by atoms with Gasteiger partial charge >= 0.3 is 0 Å². The predicted molar refractivity (Wildman–Crippen MR) is 79.2 cm³/mol. The number of rotatable bonds is 6. The van der Waals surface area contributed by atoms with Gasteiger partial charge < -0.3 is 5.32 Å². The van der Waals surface area contributed by atoms with Crippen LogP contribution in [0.5, 0.6) is 0 Å². The van der Waals surface area contributed by atoms with Gasteiger partial charge in [0.2, 0.25) is 0 Å². The third kappa shape index (κ3) is 3.89. The van der Waals surface area contributed by atoms with Gasteiger partial charge in [0.05, 0.1) is 10.6 Å². The molecule has 19 heavy (non-hydrogen) atoms. The molecular weight excluding hydrogens is 278 g/mol. The first-order chi connectivity index (χ1) is 9.09. The molecule has 0 aliphatic carbocycles. The zero-order valence-electron chi connectivity index (χ0n) is 10.7. The van der Waals surface area contributed by atoms with Gasteiger partial charge in [-0.2, -0.15) is 0 Å². The van der Waals surface area contributed by atoms with Crippen molar-refractivity contribution in [3.63, 3.8) is 0 Å². The van der Waals surface area contributed by atoms with Gasteiger partial charge in [-0.25, -0.2) is 8.42 Å². The number of hydrogen-bond acceptors (Lipinski definition) is 4. The van der Waals surface area contributed by atoms with Crippen LogP contribution in [0.3, 0.4) is 0 Å². The SMILES string of the molecule is CC(NCCS(=O)(=O)c1ccccc1)c1cccs1. The van der Waals surface area contributed by atoms with Crippen molar-refractivity contribution in [2.24, 2.45) is 0 Å². The van der Waals surface area contributed by atoms with Crippen molar-refractivity contribution in [3.05, 3.63) is 52.7 Å². The van der Waals surface area contributed by atoms with Crippen molar-refractivity contribution in [3.8, 4) is 0 Å². The van der Waals surface area contributed by atoms with Gasteiger partial charge in [-0.3, -0.25) is 0 Å². The zero-order chi connectivity index (χ0) is 13.7. The Morgan fingerprint density at radius 2 is 1.89 bits per heavy atom.